The van der Waals surface area contributed by atoms with E-state index in [4.69, 9.17) is 0 Å². The maximum absolute atomic E-state index is 12.1. The number of rotatable bonds is 8. The van der Waals surface area contributed by atoms with Crippen molar-refractivity contribution < 1.29 is 9.59 Å². The van der Waals surface area contributed by atoms with Crippen LogP contribution in [0.3, 0.4) is 0 Å². The van der Waals surface area contributed by atoms with Crippen LogP contribution >= 0.6 is 11.3 Å². The lowest BCUT2D eigenvalue weighted by atomic mass is 10.1. The van der Waals surface area contributed by atoms with Gasteiger partial charge in [0, 0.05) is 24.2 Å². The summed E-state index contributed by atoms with van der Waals surface area (Å²) < 4.78 is 0. The van der Waals surface area contributed by atoms with Gasteiger partial charge in [-0.2, -0.15) is 0 Å². The molecule has 0 atom stereocenters. The molecule has 0 fully saturated rings. The Morgan fingerprint density at radius 3 is 2.68 bits per heavy atom. The molecule has 0 saturated heterocycles. The highest BCUT2D eigenvalue weighted by atomic mass is 32.1. The number of anilines is 1. The molecule has 144 valence electrons. The third kappa shape index (κ3) is 5.88. The average Bonchev–Trinajstić information content (AvgIpc) is 3.13. The quantitative estimate of drug-likeness (QED) is 0.509. The fraction of sp³-hybridized carbons (Fsp3) is 0.200. The van der Waals surface area contributed by atoms with E-state index < -0.39 is 0 Å². The van der Waals surface area contributed by atoms with Crippen molar-refractivity contribution >= 4 is 28.3 Å². The van der Waals surface area contributed by atoms with E-state index in [1.54, 1.807) is 5.38 Å². The zero-order chi connectivity index (χ0) is 19.8. The van der Waals surface area contributed by atoms with Crippen LogP contribution in [0.5, 0.6) is 0 Å². The van der Waals surface area contributed by atoms with Crippen molar-refractivity contribution in [1.82, 2.24) is 15.3 Å². The summed E-state index contributed by atoms with van der Waals surface area (Å²) in [7, 11) is 0. The second-order valence-electron chi connectivity index (χ2n) is 6.16. The van der Waals surface area contributed by atoms with Gasteiger partial charge in [-0.15, -0.1) is 11.3 Å². The fourth-order valence-electron chi connectivity index (χ4n) is 2.56. The Morgan fingerprint density at radius 2 is 1.93 bits per heavy atom. The molecule has 2 amide bonds. The molecule has 0 radical (unpaired) electrons. The van der Waals surface area contributed by atoms with Gasteiger partial charge in [-0.25, -0.2) is 4.98 Å². The normalized spacial score (nSPS) is 10.4. The summed E-state index contributed by atoms with van der Waals surface area (Å²) in [6.07, 6.45) is 3.29. The number of amides is 2. The highest BCUT2D eigenvalue weighted by Crippen LogP contribution is 2.16. The van der Waals surface area contributed by atoms with Crippen LogP contribution in [0.25, 0.3) is 0 Å². The maximum atomic E-state index is 12.1. The molecular weight excluding hydrogens is 376 g/mol. The highest BCUT2D eigenvalue weighted by Gasteiger charge is 2.11. The number of benzene rings is 1. The van der Waals surface area contributed by atoms with Gasteiger partial charge < -0.3 is 10.3 Å². The van der Waals surface area contributed by atoms with E-state index in [0.717, 1.165) is 12.8 Å². The minimum absolute atomic E-state index is 0.100. The van der Waals surface area contributed by atoms with Crippen LogP contribution in [0.1, 0.15) is 28.0 Å². The highest BCUT2D eigenvalue weighted by molar-refractivity contribution is 7.14. The minimum Gasteiger partial charge on any atom is -0.356 e. The fourth-order valence-corrected chi connectivity index (χ4v) is 3.26. The van der Waals surface area contributed by atoms with Gasteiger partial charge in [-0.1, -0.05) is 30.3 Å². The lowest BCUT2D eigenvalue weighted by molar-refractivity contribution is -0.120. The predicted octanol–water partition coefficient (Wildman–Crippen LogP) is 2.38. The third-order valence-electron chi connectivity index (χ3n) is 3.97. The largest absolute Gasteiger partial charge is 0.356 e. The Balaban J connectivity index is 1.42. The first-order chi connectivity index (χ1) is 13.6. The molecular formula is C20H20N4O3S. The Kier molecular flexibility index (Phi) is 6.69. The van der Waals surface area contributed by atoms with Crippen LogP contribution in [0.4, 0.5) is 5.13 Å². The van der Waals surface area contributed by atoms with Gasteiger partial charge in [-0.3, -0.25) is 19.7 Å². The lowest BCUT2D eigenvalue weighted by Crippen LogP contribution is -2.26. The van der Waals surface area contributed by atoms with Gasteiger partial charge in [0.15, 0.2) is 5.13 Å². The van der Waals surface area contributed by atoms with Gasteiger partial charge in [0.2, 0.25) is 11.5 Å². The number of pyridine rings is 1. The van der Waals surface area contributed by atoms with Crippen molar-refractivity contribution in [2.75, 3.05) is 11.9 Å². The molecule has 1 aromatic carbocycles. The summed E-state index contributed by atoms with van der Waals surface area (Å²) in [5.74, 6) is -0.473. The summed E-state index contributed by atoms with van der Waals surface area (Å²) in [6.45, 7) is 0.605. The van der Waals surface area contributed by atoms with Crippen LogP contribution in [0, 0.1) is 0 Å². The molecule has 0 bridgehead atoms. The van der Waals surface area contributed by atoms with Crippen molar-refractivity contribution in [3.05, 3.63) is 81.2 Å². The zero-order valence-electron chi connectivity index (χ0n) is 15.1. The molecule has 2 aromatic heterocycles. The number of nitrogens with zero attached hydrogens (tertiary/aromatic N) is 1. The Morgan fingerprint density at radius 1 is 1.11 bits per heavy atom. The number of nitrogens with one attached hydrogen (secondary N) is 3. The number of aryl methyl sites for hydroxylation is 1. The molecule has 28 heavy (non-hydrogen) atoms. The topological polar surface area (TPSA) is 104 Å². The first-order valence-electron chi connectivity index (χ1n) is 8.85. The summed E-state index contributed by atoms with van der Waals surface area (Å²) >= 11 is 1.25. The van der Waals surface area contributed by atoms with Gasteiger partial charge >= 0.3 is 0 Å². The van der Waals surface area contributed by atoms with Gasteiger partial charge in [0.25, 0.3) is 5.91 Å². The molecule has 0 spiro atoms. The molecule has 3 aromatic rings. The van der Waals surface area contributed by atoms with Crippen LogP contribution in [-0.4, -0.2) is 28.3 Å². The number of H-pyrrole nitrogens is 1. The SMILES string of the molecule is O=C(Cc1csc(NC(=O)c2ccc(=O)[nH]c2)n1)NCCCc1ccccc1. The third-order valence-corrected chi connectivity index (χ3v) is 4.77. The van der Waals surface area contributed by atoms with Crippen LogP contribution in [-0.2, 0) is 17.6 Å². The van der Waals surface area contributed by atoms with Gasteiger partial charge in [0.1, 0.15) is 0 Å². The van der Waals surface area contributed by atoms with Crippen molar-refractivity contribution in [3.63, 3.8) is 0 Å². The van der Waals surface area contributed by atoms with Crippen LogP contribution in [0.15, 0.2) is 58.8 Å². The molecule has 7 nitrogen and oxygen atoms in total. The summed E-state index contributed by atoms with van der Waals surface area (Å²) in [5, 5.41) is 7.69. The van der Waals surface area contributed by atoms with Crippen molar-refractivity contribution in [2.24, 2.45) is 0 Å². The number of hydrogen-bond acceptors (Lipinski definition) is 5. The van der Waals surface area contributed by atoms with E-state index in [1.807, 2.05) is 18.2 Å². The molecule has 8 heteroatoms. The number of aromatic nitrogens is 2. The van der Waals surface area contributed by atoms with Gasteiger partial charge in [-0.05, 0) is 24.5 Å². The second kappa shape index (κ2) is 9.61. The Hall–Kier alpha value is -3.26. The minimum atomic E-state index is -0.373. The summed E-state index contributed by atoms with van der Waals surface area (Å²) in [6, 6.07) is 12.8. The molecule has 3 N–H and O–H groups in total. The predicted molar refractivity (Wildman–Crippen MR) is 109 cm³/mol. The summed E-state index contributed by atoms with van der Waals surface area (Å²) in [4.78, 5) is 41.9. The summed E-state index contributed by atoms with van der Waals surface area (Å²) in [5.41, 5.74) is 1.90. The smallest absolute Gasteiger partial charge is 0.258 e. The molecule has 0 unspecified atom stereocenters. The zero-order valence-corrected chi connectivity index (χ0v) is 15.9. The first-order valence-corrected chi connectivity index (χ1v) is 9.73. The average molecular weight is 396 g/mol. The maximum Gasteiger partial charge on any atom is 0.258 e. The molecule has 3 rings (SSSR count). The standard InChI is InChI=1S/C20H20N4O3S/c25-17-9-8-15(12-22-17)19(27)24-20-23-16(13-28-20)11-18(26)21-10-4-7-14-5-2-1-3-6-14/h1-3,5-6,8-9,12-13H,4,7,10-11H2,(H,21,26)(H,22,25)(H,23,24,27). The van der Waals surface area contributed by atoms with E-state index >= 15 is 0 Å². The monoisotopic (exact) mass is 396 g/mol. The number of carbonyl (C=O) groups excluding carboxylic acids is 2. The number of aromatic amines is 1. The van der Waals surface area contributed by atoms with Crippen LogP contribution in [0.2, 0.25) is 0 Å². The number of thiazole rings is 1. The van der Waals surface area contributed by atoms with Crippen molar-refractivity contribution in [2.45, 2.75) is 19.3 Å². The molecule has 0 saturated carbocycles. The van der Waals surface area contributed by atoms with E-state index in [0.29, 0.717) is 22.9 Å². The molecule has 2 heterocycles. The van der Waals surface area contributed by atoms with Crippen LogP contribution < -0.4 is 16.2 Å². The number of carbonyl (C=O) groups is 2. The van der Waals surface area contributed by atoms with E-state index in [2.05, 4.69) is 32.7 Å². The molecule has 0 aliphatic rings. The van der Waals surface area contributed by atoms with E-state index in [-0.39, 0.29) is 23.8 Å². The lowest BCUT2D eigenvalue weighted by Gasteiger charge is -2.04. The van der Waals surface area contributed by atoms with E-state index in [9.17, 15) is 14.4 Å². The number of hydrogen-bond donors (Lipinski definition) is 3. The molecule has 0 aliphatic carbocycles. The van der Waals surface area contributed by atoms with Gasteiger partial charge in [0.05, 0.1) is 17.7 Å². The van der Waals surface area contributed by atoms with Crippen molar-refractivity contribution in [1.29, 1.82) is 0 Å². The first kappa shape index (κ1) is 19.5. The Labute approximate surface area is 165 Å². The Bertz CT molecular complexity index is 977. The second-order valence-corrected chi connectivity index (χ2v) is 7.01. The van der Waals surface area contributed by atoms with E-state index in [1.165, 1.54) is 35.2 Å². The molecule has 0 aliphatic heterocycles. The van der Waals surface area contributed by atoms with Crippen molar-refractivity contribution in [3.8, 4) is 0 Å².